The molecule has 3 heteroatoms. The lowest BCUT2D eigenvalue weighted by Gasteiger charge is -2.43. The minimum absolute atomic E-state index is 0. The van der Waals surface area contributed by atoms with E-state index in [-0.39, 0.29) is 12.4 Å². The van der Waals surface area contributed by atoms with E-state index < -0.39 is 0 Å². The third-order valence-corrected chi connectivity index (χ3v) is 4.35. The van der Waals surface area contributed by atoms with E-state index in [9.17, 15) is 0 Å². The Bertz CT molecular complexity index is 344. The van der Waals surface area contributed by atoms with Gasteiger partial charge < -0.3 is 5.32 Å². The van der Waals surface area contributed by atoms with E-state index in [0.717, 1.165) is 11.6 Å². The van der Waals surface area contributed by atoms with Crippen molar-refractivity contribution in [1.82, 2.24) is 5.32 Å². The van der Waals surface area contributed by atoms with Gasteiger partial charge in [0.15, 0.2) is 0 Å². The smallest absolute Gasteiger partial charge is 0.0406 e. The predicted molar refractivity (Wildman–Crippen MR) is 82.0 cm³/mol. The fraction of sp³-hybridized carbons (Fsp3) is 0.600. The first-order valence-electron chi connectivity index (χ1n) is 6.67. The molecule has 102 valence electrons. The van der Waals surface area contributed by atoms with Gasteiger partial charge in [0, 0.05) is 5.02 Å². The Morgan fingerprint density at radius 3 is 2.33 bits per heavy atom. The van der Waals surface area contributed by atoms with Gasteiger partial charge in [0.25, 0.3) is 0 Å². The van der Waals surface area contributed by atoms with Crippen LogP contribution in [-0.4, -0.2) is 13.6 Å². The lowest BCUT2D eigenvalue weighted by molar-refractivity contribution is 0.219. The predicted octanol–water partition coefficient (Wildman–Crippen LogP) is 4.57. The van der Waals surface area contributed by atoms with Crippen molar-refractivity contribution in [3.05, 3.63) is 34.9 Å². The van der Waals surface area contributed by atoms with Crippen LogP contribution in [0.3, 0.4) is 0 Å². The van der Waals surface area contributed by atoms with Crippen LogP contribution in [0.5, 0.6) is 0 Å². The minimum Gasteiger partial charge on any atom is -0.320 e. The first-order chi connectivity index (χ1) is 8.27. The third-order valence-electron chi connectivity index (χ3n) is 4.10. The number of halogens is 2. The van der Waals surface area contributed by atoms with Crippen molar-refractivity contribution in [3.63, 3.8) is 0 Å². The van der Waals surface area contributed by atoms with Crippen molar-refractivity contribution < 1.29 is 0 Å². The Morgan fingerprint density at radius 2 is 1.83 bits per heavy atom. The van der Waals surface area contributed by atoms with Crippen molar-refractivity contribution in [3.8, 4) is 0 Å². The topological polar surface area (TPSA) is 12.0 Å². The van der Waals surface area contributed by atoms with Crippen LogP contribution in [0.2, 0.25) is 5.02 Å². The second kappa shape index (κ2) is 7.37. The number of benzene rings is 1. The van der Waals surface area contributed by atoms with Crippen LogP contribution in [0, 0.1) is 0 Å². The summed E-state index contributed by atoms with van der Waals surface area (Å²) in [5.74, 6) is 0. The van der Waals surface area contributed by atoms with Crippen LogP contribution in [0.4, 0.5) is 0 Å². The maximum absolute atomic E-state index is 5.96. The van der Waals surface area contributed by atoms with Crippen molar-refractivity contribution >= 4 is 24.0 Å². The molecule has 0 unspecified atom stereocenters. The van der Waals surface area contributed by atoms with Gasteiger partial charge in [-0.05, 0) is 62.4 Å². The zero-order valence-electron chi connectivity index (χ0n) is 11.0. The van der Waals surface area contributed by atoms with Crippen LogP contribution in [0.1, 0.15) is 44.1 Å². The monoisotopic (exact) mass is 287 g/mol. The number of hydrogen-bond acceptors (Lipinski definition) is 1. The Balaban J connectivity index is 0.00000162. The van der Waals surface area contributed by atoms with Crippen LogP contribution in [0.25, 0.3) is 0 Å². The third kappa shape index (κ3) is 3.63. The average molecular weight is 288 g/mol. The highest BCUT2D eigenvalue weighted by atomic mass is 35.5. The summed E-state index contributed by atoms with van der Waals surface area (Å²) in [4.78, 5) is 0. The van der Waals surface area contributed by atoms with E-state index in [1.807, 2.05) is 19.2 Å². The molecule has 0 radical (unpaired) electrons. The molecule has 0 atom stereocenters. The molecule has 2 rings (SSSR count). The minimum atomic E-state index is 0. The summed E-state index contributed by atoms with van der Waals surface area (Å²) in [7, 11) is 2.03. The molecule has 18 heavy (non-hydrogen) atoms. The van der Waals surface area contributed by atoms with Gasteiger partial charge in [0.2, 0.25) is 0 Å². The lowest BCUT2D eigenvalue weighted by atomic mass is 9.62. The van der Waals surface area contributed by atoms with Crippen molar-refractivity contribution in [2.24, 2.45) is 0 Å². The number of rotatable bonds is 6. The quantitative estimate of drug-likeness (QED) is 0.756. The summed E-state index contributed by atoms with van der Waals surface area (Å²) in [5.41, 5.74) is 1.97. The van der Waals surface area contributed by atoms with Gasteiger partial charge in [0.1, 0.15) is 0 Å². The number of hydrogen-bond donors (Lipinski definition) is 1. The molecule has 1 N–H and O–H groups in total. The van der Waals surface area contributed by atoms with Gasteiger partial charge in [-0.1, -0.05) is 36.6 Å². The summed E-state index contributed by atoms with van der Waals surface area (Å²) in [6, 6.07) is 8.51. The first-order valence-corrected chi connectivity index (χ1v) is 7.05. The van der Waals surface area contributed by atoms with Gasteiger partial charge in [-0.2, -0.15) is 0 Å². The summed E-state index contributed by atoms with van der Waals surface area (Å²) in [6.45, 7) is 1.14. The van der Waals surface area contributed by atoms with Gasteiger partial charge in [0.05, 0.1) is 0 Å². The second-order valence-electron chi connectivity index (χ2n) is 5.20. The van der Waals surface area contributed by atoms with Crippen molar-refractivity contribution in [2.45, 2.75) is 43.9 Å². The summed E-state index contributed by atoms with van der Waals surface area (Å²) in [5, 5.41) is 4.07. The summed E-state index contributed by atoms with van der Waals surface area (Å²) in [6.07, 6.45) is 8.03. The van der Waals surface area contributed by atoms with E-state index in [0.29, 0.717) is 5.41 Å². The fourth-order valence-corrected chi connectivity index (χ4v) is 2.98. The van der Waals surface area contributed by atoms with Crippen LogP contribution in [0.15, 0.2) is 24.3 Å². The Hall–Kier alpha value is -0.240. The molecule has 1 aliphatic carbocycles. The highest BCUT2D eigenvalue weighted by molar-refractivity contribution is 6.30. The van der Waals surface area contributed by atoms with Gasteiger partial charge in [-0.15, -0.1) is 12.4 Å². The fourth-order valence-electron chi connectivity index (χ4n) is 2.86. The van der Waals surface area contributed by atoms with E-state index >= 15 is 0 Å². The number of unbranched alkanes of at least 4 members (excludes halogenated alkanes) is 1. The molecule has 1 fully saturated rings. The van der Waals surface area contributed by atoms with Gasteiger partial charge >= 0.3 is 0 Å². The number of nitrogens with one attached hydrogen (secondary N) is 1. The molecular formula is C15H23Cl2N. The normalized spacial score (nSPS) is 16.8. The second-order valence-corrected chi connectivity index (χ2v) is 5.64. The first kappa shape index (κ1) is 15.8. The molecule has 1 aliphatic rings. The molecule has 1 aromatic carbocycles. The highest BCUT2D eigenvalue weighted by Gasteiger charge is 2.37. The molecule has 1 saturated carbocycles. The molecule has 0 aliphatic heterocycles. The molecule has 1 nitrogen and oxygen atoms in total. The van der Waals surface area contributed by atoms with E-state index in [1.54, 1.807) is 0 Å². The van der Waals surface area contributed by atoms with Crippen LogP contribution >= 0.6 is 24.0 Å². The van der Waals surface area contributed by atoms with E-state index in [1.165, 1.54) is 44.1 Å². The molecule has 1 aromatic rings. The van der Waals surface area contributed by atoms with Crippen LogP contribution in [-0.2, 0) is 5.41 Å². The van der Waals surface area contributed by atoms with Crippen molar-refractivity contribution in [2.75, 3.05) is 13.6 Å². The molecule has 0 heterocycles. The maximum atomic E-state index is 5.96. The summed E-state index contributed by atoms with van der Waals surface area (Å²) >= 11 is 5.96. The maximum Gasteiger partial charge on any atom is 0.0406 e. The Morgan fingerprint density at radius 1 is 1.17 bits per heavy atom. The average Bonchev–Trinajstić information content (AvgIpc) is 2.29. The lowest BCUT2D eigenvalue weighted by Crippen LogP contribution is -2.34. The summed E-state index contributed by atoms with van der Waals surface area (Å²) < 4.78 is 0. The van der Waals surface area contributed by atoms with Gasteiger partial charge in [-0.25, -0.2) is 0 Å². The highest BCUT2D eigenvalue weighted by Crippen LogP contribution is 2.47. The molecule has 0 amide bonds. The molecule has 0 spiro atoms. The SMILES string of the molecule is CNCCCCC1(c2ccc(Cl)cc2)CCC1.Cl. The molecule has 0 bridgehead atoms. The Labute approximate surface area is 122 Å². The van der Waals surface area contributed by atoms with Gasteiger partial charge in [-0.3, -0.25) is 0 Å². The molecule has 0 saturated heterocycles. The zero-order chi connectivity index (χ0) is 12.1. The van der Waals surface area contributed by atoms with E-state index in [2.05, 4.69) is 17.4 Å². The molecular weight excluding hydrogens is 265 g/mol. The van der Waals surface area contributed by atoms with Crippen LogP contribution < -0.4 is 5.32 Å². The van der Waals surface area contributed by atoms with E-state index in [4.69, 9.17) is 11.6 Å². The largest absolute Gasteiger partial charge is 0.320 e. The molecule has 0 aromatic heterocycles. The standard InChI is InChI=1S/C15H22ClN.ClH/c1-17-12-3-2-9-15(10-4-11-15)13-5-7-14(16)8-6-13;/h5-8,17H,2-4,9-12H2,1H3;1H. The zero-order valence-corrected chi connectivity index (χ0v) is 12.6. The Kier molecular flexibility index (Phi) is 6.48. The van der Waals surface area contributed by atoms with Crippen molar-refractivity contribution in [1.29, 1.82) is 0 Å².